The quantitative estimate of drug-likeness (QED) is 0.387. The topological polar surface area (TPSA) is 86.1 Å². The summed E-state index contributed by atoms with van der Waals surface area (Å²) in [7, 11) is 0. The molecule has 1 N–H and O–H groups in total. The lowest BCUT2D eigenvalue weighted by Crippen LogP contribution is -2.15. The Hall–Kier alpha value is -2.84. The van der Waals surface area contributed by atoms with Gasteiger partial charge in [0.25, 0.3) is 0 Å². The molecule has 0 saturated carbocycles. The highest BCUT2D eigenvalue weighted by molar-refractivity contribution is 7.99. The van der Waals surface area contributed by atoms with E-state index in [1.54, 1.807) is 48.5 Å². The third kappa shape index (κ3) is 5.84. The summed E-state index contributed by atoms with van der Waals surface area (Å²) in [5.74, 6) is 1.28. The fraction of sp³-hybridized carbons (Fsp3) is 0.238. The first-order valence-corrected chi connectivity index (χ1v) is 10.7. The van der Waals surface area contributed by atoms with Crippen molar-refractivity contribution in [3.63, 3.8) is 0 Å². The smallest absolute Gasteiger partial charge is 0.234 e. The minimum atomic E-state index is -0.190. The largest absolute Gasteiger partial charge is 0.486 e. The molecule has 0 atom stereocenters. The van der Waals surface area contributed by atoms with Crippen molar-refractivity contribution in [2.45, 2.75) is 32.2 Å². The number of aromatic nitrogens is 3. The molecule has 30 heavy (non-hydrogen) atoms. The molecular weight excluding hydrogens is 424 g/mol. The Kier molecular flexibility index (Phi) is 7.48. The number of anilines is 1. The highest BCUT2D eigenvalue weighted by Crippen LogP contribution is 2.20. The SMILES string of the molecule is CCn1c(COc2ccc(Cl)cc2)nnc1SCC(=O)Nc1cccc(C(C)=O)c1. The summed E-state index contributed by atoms with van der Waals surface area (Å²) in [6.45, 7) is 4.37. The molecule has 0 saturated heterocycles. The second-order valence-electron chi connectivity index (χ2n) is 6.36. The lowest BCUT2D eigenvalue weighted by molar-refractivity contribution is -0.113. The van der Waals surface area contributed by atoms with E-state index in [4.69, 9.17) is 16.3 Å². The van der Waals surface area contributed by atoms with Gasteiger partial charge < -0.3 is 14.6 Å². The number of thioether (sulfide) groups is 1. The van der Waals surface area contributed by atoms with Crippen LogP contribution in [0.3, 0.4) is 0 Å². The number of ether oxygens (including phenoxy) is 1. The van der Waals surface area contributed by atoms with Crippen molar-refractivity contribution in [1.29, 1.82) is 0 Å². The number of Topliss-reactive ketones (excluding diaryl/α,β-unsaturated/α-hetero) is 1. The molecule has 0 aliphatic heterocycles. The van der Waals surface area contributed by atoms with Crippen molar-refractivity contribution in [1.82, 2.24) is 14.8 Å². The third-order valence-electron chi connectivity index (χ3n) is 4.18. The van der Waals surface area contributed by atoms with Gasteiger partial charge in [0.1, 0.15) is 12.4 Å². The normalized spacial score (nSPS) is 10.6. The van der Waals surface area contributed by atoms with Crippen molar-refractivity contribution >= 4 is 40.7 Å². The van der Waals surface area contributed by atoms with E-state index in [-0.39, 0.29) is 24.1 Å². The minimum Gasteiger partial charge on any atom is -0.486 e. The van der Waals surface area contributed by atoms with Gasteiger partial charge in [0.05, 0.1) is 5.75 Å². The van der Waals surface area contributed by atoms with Crippen molar-refractivity contribution in [3.8, 4) is 5.75 Å². The zero-order valence-electron chi connectivity index (χ0n) is 16.6. The fourth-order valence-electron chi connectivity index (χ4n) is 2.67. The van der Waals surface area contributed by atoms with E-state index in [0.717, 1.165) is 0 Å². The number of halogens is 1. The molecule has 3 aromatic rings. The molecule has 3 rings (SSSR count). The first-order valence-electron chi connectivity index (χ1n) is 9.30. The summed E-state index contributed by atoms with van der Waals surface area (Å²) in [6, 6.07) is 13.9. The number of hydrogen-bond donors (Lipinski definition) is 1. The summed E-state index contributed by atoms with van der Waals surface area (Å²) >= 11 is 7.17. The molecule has 0 spiro atoms. The molecule has 156 valence electrons. The number of rotatable bonds is 9. The third-order valence-corrected chi connectivity index (χ3v) is 5.40. The summed E-state index contributed by atoms with van der Waals surface area (Å²) in [6.07, 6.45) is 0. The molecule has 1 amide bonds. The molecule has 7 nitrogen and oxygen atoms in total. The monoisotopic (exact) mass is 444 g/mol. The first kappa shape index (κ1) is 21.9. The zero-order valence-corrected chi connectivity index (χ0v) is 18.2. The van der Waals surface area contributed by atoms with Crippen LogP contribution in [0.2, 0.25) is 5.02 Å². The molecule has 9 heteroatoms. The van der Waals surface area contributed by atoms with Crippen molar-refractivity contribution in [2.75, 3.05) is 11.1 Å². The van der Waals surface area contributed by atoms with Gasteiger partial charge in [0.15, 0.2) is 16.8 Å². The number of carbonyl (C=O) groups is 2. The Morgan fingerprint density at radius 2 is 1.93 bits per heavy atom. The van der Waals surface area contributed by atoms with Crippen molar-refractivity contribution < 1.29 is 14.3 Å². The fourth-order valence-corrected chi connectivity index (χ4v) is 3.62. The van der Waals surface area contributed by atoms with E-state index >= 15 is 0 Å². The highest BCUT2D eigenvalue weighted by Gasteiger charge is 2.14. The molecule has 0 radical (unpaired) electrons. The van der Waals surface area contributed by atoms with Crippen molar-refractivity contribution in [3.05, 3.63) is 64.9 Å². The number of nitrogens with one attached hydrogen (secondary N) is 1. The average molecular weight is 445 g/mol. The van der Waals surface area contributed by atoms with Crippen LogP contribution >= 0.6 is 23.4 Å². The van der Waals surface area contributed by atoms with E-state index in [1.165, 1.54) is 18.7 Å². The number of nitrogens with zero attached hydrogens (tertiary/aromatic N) is 3. The molecule has 0 aliphatic carbocycles. The minimum absolute atomic E-state index is 0.0510. The number of benzene rings is 2. The first-order chi connectivity index (χ1) is 14.5. The lowest BCUT2D eigenvalue weighted by Gasteiger charge is -2.09. The number of carbonyl (C=O) groups excluding carboxylic acids is 2. The Labute approximate surface area is 183 Å². The van der Waals surface area contributed by atoms with Gasteiger partial charge in [-0.25, -0.2) is 0 Å². The van der Waals surface area contributed by atoms with E-state index in [1.807, 2.05) is 11.5 Å². The molecule has 0 fully saturated rings. The van der Waals surface area contributed by atoms with Gasteiger partial charge >= 0.3 is 0 Å². The second kappa shape index (κ2) is 10.3. The van der Waals surface area contributed by atoms with Crippen LogP contribution < -0.4 is 10.1 Å². The molecule has 0 bridgehead atoms. The molecule has 2 aromatic carbocycles. The average Bonchev–Trinajstić information content (AvgIpc) is 3.14. The Bertz CT molecular complexity index is 1040. The van der Waals surface area contributed by atoms with Crippen molar-refractivity contribution in [2.24, 2.45) is 0 Å². The van der Waals surface area contributed by atoms with E-state index in [0.29, 0.717) is 39.5 Å². The summed E-state index contributed by atoms with van der Waals surface area (Å²) in [5, 5.41) is 12.4. The molecule has 1 heterocycles. The van der Waals surface area contributed by atoms with Gasteiger partial charge in [-0.3, -0.25) is 9.59 Å². The molecule has 0 unspecified atom stereocenters. The van der Waals surface area contributed by atoms with Crippen LogP contribution in [0.25, 0.3) is 0 Å². The standard InChI is InChI=1S/C21H21ClN4O3S/c1-3-26-19(12-29-18-9-7-16(22)8-10-18)24-25-21(26)30-13-20(28)23-17-6-4-5-15(11-17)14(2)27/h4-11H,3,12-13H2,1-2H3,(H,23,28). The Morgan fingerprint density at radius 3 is 2.63 bits per heavy atom. The van der Waals surface area contributed by atoms with Gasteiger partial charge in [-0.05, 0) is 50.2 Å². The number of ketones is 1. The predicted octanol–water partition coefficient (Wildman–Crippen LogP) is 4.46. The van der Waals surface area contributed by atoms with Gasteiger partial charge in [0, 0.05) is 22.8 Å². The van der Waals surface area contributed by atoms with Crippen LogP contribution in [0.15, 0.2) is 53.7 Å². The predicted molar refractivity (Wildman–Crippen MR) is 117 cm³/mol. The van der Waals surface area contributed by atoms with Gasteiger partial charge in [-0.2, -0.15) is 0 Å². The number of hydrogen-bond acceptors (Lipinski definition) is 6. The van der Waals surface area contributed by atoms with Gasteiger partial charge in [-0.15, -0.1) is 10.2 Å². The zero-order chi connectivity index (χ0) is 21.5. The van der Waals surface area contributed by atoms with E-state index in [9.17, 15) is 9.59 Å². The summed E-state index contributed by atoms with van der Waals surface area (Å²) < 4.78 is 7.65. The van der Waals surface area contributed by atoms with Gasteiger partial charge in [-0.1, -0.05) is 35.5 Å². The second-order valence-corrected chi connectivity index (χ2v) is 7.74. The van der Waals surface area contributed by atoms with Crippen LogP contribution in [0.4, 0.5) is 5.69 Å². The van der Waals surface area contributed by atoms with Crippen LogP contribution in [0.5, 0.6) is 5.75 Å². The van der Waals surface area contributed by atoms with Crippen LogP contribution in [0.1, 0.15) is 30.0 Å². The highest BCUT2D eigenvalue weighted by atomic mass is 35.5. The number of amides is 1. The summed E-state index contributed by atoms with van der Waals surface area (Å²) in [4.78, 5) is 23.8. The maximum atomic E-state index is 12.3. The summed E-state index contributed by atoms with van der Waals surface area (Å²) in [5.41, 5.74) is 1.14. The maximum absolute atomic E-state index is 12.3. The Morgan fingerprint density at radius 1 is 1.17 bits per heavy atom. The molecule has 1 aromatic heterocycles. The maximum Gasteiger partial charge on any atom is 0.234 e. The molecule has 0 aliphatic rings. The van der Waals surface area contributed by atoms with Crippen LogP contribution in [0, 0.1) is 0 Å². The van der Waals surface area contributed by atoms with Gasteiger partial charge in [0.2, 0.25) is 5.91 Å². The molecular formula is C21H21ClN4O3S. The Balaban J connectivity index is 1.57. The van der Waals surface area contributed by atoms with Crippen LogP contribution in [-0.2, 0) is 17.9 Å². The van der Waals surface area contributed by atoms with E-state index in [2.05, 4.69) is 15.5 Å². The van der Waals surface area contributed by atoms with Crippen LogP contribution in [-0.4, -0.2) is 32.2 Å². The van der Waals surface area contributed by atoms with E-state index < -0.39 is 0 Å². The lowest BCUT2D eigenvalue weighted by atomic mass is 10.1.